The quantitative estimate of drug-likeness (QED) is 0.0207. The first-order valence-electron chi connectivity index (χ1n) is 33.2. The van der Waals surface area contributed by atoms with Crippen LogP contribution in [0.2, 0.25) is 0 Å². The molecule has 93 heavy (non-hydrogen) atoms. The number of carbonyl (C=O) groups excluding carboxylic acids is 7. The Hall–Kier alpha value is -7.78. The molecule has 1 heterocycles. The van der Waals surface area contributed by atoms with Gasteiger partial charge in [0.25, 0.3) is 0 Å². The second kappa shape index (κ2) is 31.0. The van der Waals surface area contributed by atoms with Gasteiger partial charge >= 0.3 is 5.97 Å². The maximum atomic E-state index is 14.8. The SMILES string of the molecule is C/C1=C/c2ccccc2N(C(=O)CCC(=O)NCCOCCOCCOCCOCCC(=O)N[C@@H](CCC(=O)O)C(=O)N[C@@H](C)C(=O)Nc2ccc3c(c2)[C@@]2(C)CCC[C@](C)(C(=O)NC(=O)[C@@]4(C)CCC[C@]5(C)c6cc(O)ccc6CC[C@@H]45)[C@@H]2CC3)Cc2ccccc21. The molecule has 0 spiro atoms. The van der Waals surface area contributed by atoms with Crippen LogP contribution in [0.15, 0.2) is 84.9 Å². The Balaban J connectivity index is 0.644. The Morgan fingerprint density at radius 2 is 1.19 bits per heavy atom. The lowest BCUT2D eigenvalue weighted by molar-refractivity contribution is -0.150. The summed E-state index contributed by atoms with van der Waals surface area (Å²) < 4.78 is 22.3. The van der Waals surface area contributed by atoms with Crippen LogP contribution in [0.5, 0.6) is 5.75 Å². The number of para-hydroxylation sites is 1. The van der Waals surface area contributed by atoms with Crippen molar-refractivity contribution in [1.29, 1.82) is 0 Å². The normalized spacial score (nSPS) is 23.9. The molecule has 7 N–H and O–H groups in total. The van der Waals surface area contributed by atoms with Crippen molar-refractivity contribution >= 4 is 70.3 Å². The Labute approximate surface area is 546 Å². The number of amides is 7. The zero-order valence-corrected chi connectivity index (χ0v) is 54.9. The number of anilines is 2. The molecule has 1 aliphatic heterocycles. The van der Waals surface area contributed by atoms with Crippen molar-refractivity contribution in [3.8, 4) is 5.75 Å². The van der Waals surface area contributed by atoms with Crippen LogP contribution in [0.25, 0.3) is 11.6 Å². The number of ether oxygens (including phenoxy) is 4. The summed E-state index contributed by atoms with van der Waals surface area (Å²) in [5, 5.41) is 34.0. The number of imide groups is 1. The summed E-state index contributed by atoms with van der Waals surface area (Å²) in [5.74, 6) is -3.68. The lowest BCUT2D eigenvalue weighted by Gasteiger charge is -2.56. The van der Waals surface area contributed by atoms with Crippen molar-refractivity contribution in [3.63, 3.8) is 0 Å². The van der Waals surface area contributed by atoms with Gasteiger partial charge in [-0.05, 0) is 175 Å². The number of nitrogens with one attached hydrogen (secondary N) is 5. The number of aromatic hydroxyl groups is 1. The first-order valence-corrected chi connectivity index (χ1v) is 33.2. The van der Waals surface area contributed by atoms with Gasteiger partial charge in [0.2, 0.25) is 41.4 Å². The number of benzene rings is 4. The number of aryl methyl sites for hydroxylation is 2. The number of nitrogens with zero attached hydrogens (tertiary/aromatic N) is 1. The number of phenolic OH excluding ortho intramolecular Hbond substituents is 1. The third-order valence-electron chi connectivity index (χ3n) is 20.7. The molecule has 0 bridgehead atoms. The third-order valence-corrected chi connectivity index (χ3v) is 20.7. The number of aliphatic carboxylic acids is 1. The minimum absolute atomic E-state index is 0.00385. The Bertz CT molecular complexity index is 3440. The highest BCUT2D eigenvalue weighted by molar-refractivity contribution is 6.02. The zero-order chi connectivity index (χ0) is 66.5. The smallest absolute Gasteiger partial charge is 0.303 e. The van der Waals surface area contributed by atoms with Crippen molar-refractivity contribution in [3.05, 3.63) is 124 Å². The molecule has 7 amide bonds. The maximum Gasteiger partial charge on any atom is 0.303 e. The molecule has 0 radical (unpaired) electrons. The van der Waals surface area contributed by atoms with Gasteiger partial charge in [0, 0.05) is 37.9 Å². The van der Waals surface area contributed by atoms with E-state index in [-0.39, 0.29) is 112 Å². The number of carbonyl (C=O) groups is 8. The molecule has 0 aromatic heterocycles. The van der Waals surface area contributed by atoms with Gasteiger partial charge < -0.3 is 55.3 Å². The van der Waals surface area contributed by atoms with Gasteiger partial charge in [0.15, 0.2) is 0 Å². The summed E-state index contributed by atoms with van der Waals surface area (Å²) in [4.78, 5) is 109. The first-order chi connectivity index (χ1) is 44.5. The molecule has 4 aromatic rings. The number of hydrogen-bond acceptors (Lipinski definition) is 13. The summed E-state index contributed by atoms with van der Waals surface area (Å²) in [6.45, 7) is 14.6. The molecule has 500 valence electrons. The Kier molecular flexibility index (Phi) is 23.2. The van der Waals surface area contributed by atoms with E-state index < -0.39 is 58.4 Å². The van der Waals surface area contributed by atoms with E-state index in [1.807, 2.05) is 86.6 Å². The van der Waals surface area contributed by atoms with Crippen LogP contribution in [-0.4, -0.2) is 129 Å². The number of rotatable bonds is 28. The van der Waals surface area contributed by atoms with E-state index in [0.29, 0.717) is 51.3 Å². The Morgan fingerprint density at radius 3 is 1.84 bits per heavy atom. The fourth-order valence-corrected chi connectivity index (χ4v) is 15.7. The van der Waals surface area contributed by atoms with Crippen LogP contribution in [0, 0.1) is 22.7 Å². The molecule has 4 aliphatic carbocycles. The number of carboxylic acids is 1. The number of phenols is 1. The first kappa shape index (κ1) is 69.6. The van der Waals surface area contributed by atoms with Gasteiger partial charge in [0.05, 0.1) is 75.9 Å². The van der Waals surface area contributed by atoms with E-state index in [9.17, 15) is 48.6 Å². The molecule has 2 saturated carbocycles. The van der Waals surface area contributed by atoms with Crippen molar-refractivity contribution < 1.29 is 67.5 Å². The van der Waals surface area contributed by atoms with Gasteiger partial charge in [-0.25, -0.2) is 0 Å². The van der Waals surface area contributed by atoms with E-state index in [1.165, 1.54) is 12.5 Å². The van der Waals surface area contributed by atoms with Crippen LogP contribution < -0.4 is 31.5 Å². The van der Waals surface area contributed by atoms with Crippen molar-refractivity contribution in [2.24, 2.45) is 22.7 Å². The van der Waals surface area contributed by atoms with Crippen LogP contribution in [-0.2, 0) is 87.5 Å². The topological polar surface area (TPSA) is 277 Å². The molecule has 9 rings (SSSR count). The van der Waals surface area contributed by atoms with Gasteiger partial charge in [-0.3, -0.25) is 43.7 Å². The van der Waals surface area contributed by atoms with Crippen molar-refractivity contribution in [1.82, 2.24) is 21.3 Å². The zero-order valence-electron chi connectivity index (χ0n) is 54.9. The highest BCUT2D eigenvalue weighted by Crippen LogP contribution is 2.60. The minimum atomic E-state index is -1.24. The van der Waals surface area contributed by atoms with Gasteiger partial charge in [0.1, 0.15) is 17.8 Å². The van der Waals surface area contributed by atoms with E-state index in [2.05, 4.69) is 59.5 Å². The molecule has 2 fully saturated rings. The highest BCUT2D eigenvalue weighted by Gasteiger charge is 2.58. The van der Waals surface area contributed by atoms with Crippen molar-refractivity contribution in [2.45, 2.75) is 167 Å². The fraction of sp³-hybridized carbons (Fsp3) is 0.534. The van der Waals surface area contributed by atoms with E-state index in [4.69, 9.17) is 18.9 Å². The molecule has 5 aliphatic rings. The summed E-state index contributed by atoms with van der Waals surface area (Å²) in [7, 11) is 0. The van der Waals surface area contributed by atoms with Gasteiger partial charge in [-0.1, -0.05) is 95.1 Å². The molecule has 0 unspecified atom stereocenters. The largest absolute Gasteiger partial charge is 0.508 e. The fourth-order valence-electron chi connectivity index (χ4n) is 15.7. The number of hydrogen-bond donors (Lipinski definition) is 7. The summed E-state index contributed by atoms with van der Waals surface area (Å²) in [6, 6.07) is 24.9. The number of allylic oxidation sites excluding steroid dienone is 1. The van der Waals surface area contributed by atoms with E-state index in [1.54, 1.807) is 11.0 Å². The number of carboxylic acid groups (broad SMARTS) is 1. The van der Waals surface area contributed by atoms with Crippen LogP contribution in [0.3, 0.4) is 0 Å². The minimum Gasteiger partial charge on any atom is -0.508 e. The van der Waals surface area contributed by atoms with E-state index in [0.717, 1.165) is 89.6 Å². The molecular weight excluding hydrogens is 1180 g/mol. The molecule has 8 atom stereocenters. The molecule has 20 heteroatoms. The van der Waals surface area contributed by atoms with Crippen LogP contribution in [0.1, 0.15) is 164 Å². The Morgan fingerprint density at radius 1 is 0.613 bits per heavy atom. The average Bonchev–Trinajstić information content (AvgIpc) is 0.732. The molecule has 0 saturated heterocycles. The second-order valence-corrected chi connectivity index (χ2v) is 26.9. The van der Waals surface area contributed by atoms with E-state index >= 15 is 0 Å². The molecule has 20 nitrogen and oxygen atoms in total. The average molecular weight is 1280 g/mol. The summed E-state index contributed by atoms with van der Waals surface area (Å²) >= 11 is 0. The van der Waals surface area contributed by atoms with Gasteiger partial charge in [-0.2, -0.15) is 0 Å². The third kappa shape index (κ3) is 16.4. The second-order valence-electron chi connectivity index (χ2n) is 26.9. The monoisotopic (exact) mass is 1280 g/mol. The van der Waals surface area contributed by atoms with Gasteiger partial charge in [-0.15, -0.1) is 0 Å². The predicted molar refractivity (Wildman–Crippen MR) is 353 cm³/mol. The summed E-state index contributed by atoms with van der Waals surface area (Å²) in [6.07, 6.45) is 9.14. The lowest BCUT2D eigenvalue weighted by atomic mass is 9.49. The number of fused-ring (bicyclic) bond motifs is 8. The van der Waals surface area contributed by atoms with Crippen LogP contribution >= 0.6 is 0 Å². The molecule has 4 aromatic carbocycles. The molecular formula is C73H94N6O14. The van der Waals surface area contributed by atoms with Crippen molar-refractivity contribution in [2.75, 3.05) is 69.6 Å². The van der Waals surface area contributed by atoms with Crippen LogP contribution in [0.4, 0.5) is 11.4 Å². The maximum absolute atomic E-state index is 14.8. The summed E-state index contributed by atoms with van der Waals surface area (Å²) in [5.41, 5.74) is 7.59. The predicted octanol–water partition coefficient (Wildman–Crippen LogP) is 9.01. The highest BCUT2D eigenvalue weighted by atomic mass is 16.6. The standard InChI is InChI=1S/C73H94N6O14/c1-47-43-51-13-8-10-16-59(51)79(46-52-14-7-9-15-55(47)52)64(83)27-26-62(81)74-34-36-91-38-40-93-42-41-92-39-37-90-35-29-63(82)77-58(23-28-65(84)85)67(87)75-48(2)66(86)76-53-21-17-49-19-24-60-70(3,56(49)44-53)30-11-32-72(60,5)68(88)78-69(89)73(6)33-12-31-71(4)57-45-54(80)22-18-50(57)20-25-61(71)73/h7-10,13-18,21-22,43-45,48,58,60-61,80H,11-12,19-20,23-42,46H2,1-6H3,(H,74,81)(H,75,87)(H,76,86)(H,77,82)(H,84,85)(H,78,88,89)/b47-43-/t48-,58-,60+,61+,70+,71+,72-,73-/m0/s1. The lowest BCUT2D eigenvalue weighted by Crippen LogP contribution is -2.60.